The van der Waals surface area contributed by atoms with Gasteiger partial charge in [0, 0.05) is 41.5 Å². The molecule has 0 spiro atoms. The largest absolute Gasteiger partial charge is 0.445 e. The van der Waals surface area contributed by atoms with Crippen LogP contribution in [0.3, 0.4) is 0 Å². The molecular formula is C23H24ClN5O4S. The highest BCUT2D eigenvalue weighted by Gasteiger charge is 2.27. The Hall–Kier alpha value is -3.11. The summed E-state index contributed by atoms with van der Waals surface area (Å²) in [5.74, 6) is -0.331. The summed E-state index contributed by atoms with van der Waals surface area (Å²) in [6.07, 6.45) is 3.81. The first kappa shape index (κ1) is 24.0. The van der Waals surface area contributed by atoms with Crippen LogP contribution in [-0.4, -0.2) is 47.4 Å². The summed E-state index contributed by atoms with van der Waals surface area (Å²) >= 11 is 7.34. The van der Waals surface area contributed by atoms with Crippen molar-refractivity contribution in [1.29, 1.82) is 0 Å². The lowest BCUT2D eigenvalue weighted by molar-refractivity contribution is -0.114. The molecule has 0 atom stereocenters. The summed E-state index contributed by atoms with van der Waals surface area (Å²) in [7, 11) is 0. The Kier molecular flexibility index (Phi) is 8.02. The summed E-state index contributed by atoms with van der Waals surface area (Å²) < 4.78 is 5.41. The van der Waals surface area contributed by atoms with Crippen molar-refractivity contribution in [2.24, 2.45) is 10.2 Å². The van der Waals surface area contributed by atoms with Crippen molar-refractivity contribution in [3.05, 3.63) is 62.7 Å². The molecule has 1 saturated heterocycles. The molecule has 0 unspecified atom stereocenters. The molecule has 3 amide bonds. The van der Waals surface area contributed by atoms with Crippen molar-refractivity contribution in [3.63, 3.8) is 0 Å². The lowest BCUT2D eigenvalue weighted by Gasteiger charge is -2.30. The minimum absolute atomic E-state index is 0.208. The molecule has 178 valence electrons. The van der Waals surface area contributed by atoms with Gasteiger partial charge in [-0.15, -0.1) is 16.5 Å². The van der Waals surface area contributed by atoms with E-state index in [4.69, 9.17) is 16.3 Å². The second kappa shape index (κ2) is 11.3. The second-order valence-electron chi connectivity index (χ2n) is 8.05. The van der Waals surface area contributed by atoms with E-state index in [1.165, 1.54) is 17.5 Å². The molecule has 2 aliphatic heterocycles. The molecule has 3 heterocycles. The third-order valence-corrected chi connectivity index (χ3v) is 6.94. The first-order valence-electron chi connectivity index (χ1n) is 11.0. The van der Waals surface area contributed by atoms with E-state index in [0.717, 1.165) is 23.4 Å². The Morgan fingerprint density at radius 3 is 2.68 bits per heavy atom. The topological polar surface area (TPSA) is 113 Å². The van der Waals surface area contributed by atoms with Crippen LogP contribution in [0.1, 0.15) is 52.7 Å². The van der Waals surface area contributed by atoms with Crippen molar-refractivity contribution >= 4 is 40.8 Å². The van der Waals surface area contributed by atoms with Gasteiger partial charge in [0.05, 0.1) is 11.2 Å². The monoisotopic (exact) mass is 501 g/mol. The standard InChI is InChI=1S/C23H24ClN5O4S/c24-18-5-3-15(4-6-18)13-33-23(32)29-10-7-16(8-11-29)22-27-19(14-34-22)21(31)25-9-1-2-17-12-26-28-20(17)30/h3-6,12,14,16H,1-2,7-11,13H2,(H,25,31). The van der Waals surface area contributed by atoms with Gasteiger partial charge in [-0.2, -0.15) is 5.11 Å². The number of likely N-dealkylation sites (tertiary alicyclic amines) is 1. The number of aromatic nitrogens is 1. The molecule has 1 fully saturated rings. The first-order valence-corrected chi connectivity index (χ1v) is 12.3. The fourth-order valence-corrected chi connectivity index (χ4v) is 4.82. The van der Waals surface area contributed by atoms with Crippen LogP contribution in [0.25, 0.3) is 0 Å². The quantitative estimate of drug-likeness (QED) is 0.527. The summed E-state index contributed by atoms with van der Waals surface area (Å²) in [6, 6.07) is 7.20. The normalized spacial score (nSPS) is 16.0. The van der Waals surface area contributed by atoms with Crippen LogP contribution in [0.4, 0.5) is 4.79 Å². The zero-order valence-corrected chi connectivity index (χ0v) is 20.0. The Morgan fingerprint density at radius 1 is 1.21 bits per heavy atom. The van der Waals surface area contributed by atoms with Gasteiger partial charge in [0.2, 0.25) is 0 Å². The van der Waals surface area contributed by atoms with Crippen molar-refractivity contribution in [2.75, 3.05) is 19.6 Å². The van der Waals surface area contributed by atoms with Crippen LogP contribution in [-0.2, 0) is 16.1 Å². The Morgan fingerprint density at radius 2 is 1.97 bits per heavy atom. The number of rotatable bonds is 8. The number of nitrogens with zero attached hydrogens (tertiary/aromatic N) is 4. The van der Waals surface area contributed by atoms with E-state index in [2.05, 4.69) is 20.5 Å². The van der Waals surface area contributed by atoms with Crippen molar-refractivity contribution in [3.8, 4) is 0 Å². The molecular weight excluding hydrogens is 478 g/mol. The lowest BCUT2D eigenvalue weighted by atomic mass is 9.98. The zero-order valence-electron chi connectivity index (χ0n) is 18.4. The van der Waals surface area contributed by atoms with E-state index in [9.17, 15) is 14.4 Å². The fourth-order valence-electron chi connectivity index (χ4n) is 3.72. The van der Waals surface area contributed by atoms with E-state index in [1.807, 2.05) is 12.1 Å². The Balaban J connectivity index is 1.17. The molecule has 2 aliphatic rings. The molecule has 1 N–H and O–H groups in total. The highest BCUT2D eigenvalue weighted by Crippen LogP contribution is 2.30. The summed E-state index contributed by atoms with van der Waals surface area (Å²) in [5.41, 5.74) is 1.84. The summed E-state index contributed by atoms with van der Waals surface area (Å²) in [6.45, 7) is 1.81. The fraction of sp³-hybridized carbons (Fsp3) is 0.391. The molecule has 4 rings (SSSR count). The number of thiazole rings is 1. The minimum Gasteiger partial charge on any atom is -0.445 e. The van der Waals surface area contributed by atoms with Crippen LogP contribution in [0.5, 0.6) is 0 Å². The maximum Gasteiger partial charge on any atom is 0.410 e. The van der Waals surface area contributed by atoms with E-state index in [1.54, 1.807) is 22.4 Å². The summed E-state index contributed by atoms with van der Waals surface area (Å²) in [5, 5.41) is 13.2. The van der Waals surface area contributed by atoms with Gasteiger partial charge in [0.25, 0.3) is 11.8 Å². The predicted octanol–water partition coefficient (Wildman–Crippen LogP) is 4.70. The molecule has 11 heteroatoms. The zero-order chi connectivity index (χ0) is 23.9. The summed E-state index contributed by atoms with van der Waals surface area (Å²) in [4.78, 5) is 42.4. The van der Waals surface area contributed by atoms with Gasteiger partial charge in [0.15, 0.2) is 0 Å². The van der Waals surface area contributed by atoms with Gasteiger partial charge in [-0.3, -0.25) is 9.59 Å². The second-order valence-corrected chi connectivity index (χ2v) is 9.37. The third-order valence-electron chi connectivity index (χ3n) is 5.68. The van der Waals surface area contributed by atoms with Crippen LogP contribution in [0.2, 0.25) is 5.02 Å². The highest BCUT2D eigenvalue weighted by atomic mass is 35.5. The van der Waals surface area contributed by atoms with Crippen LogP contribution >= 0.6 is 22.9 Å². The lowest BCUT2D eigenvalue weighted by Crippen LogP contribution is -2.38. The molecule has 0 saturated carbocycles. The minimum atomic E-state index is -0.329. The van der Waals surface area contributed by atoms with Gasteiger partial charge in [0.1, 0.15) is 12.3 Å². The molecule has 0 aliphatic carbocycles. The number of benzene rings is 1. The molecule has 0 radical (unpaired) electrons. The number of hydrogen-bond donors (Lipinski definition) is 1. The Labute approximate surface area is 205 Å². The number of piperidine rings is 1. The smallest absolute Gasteiger partial charge is 0.410 e. The number of carbonyl (C=O) groups is 3. The van der Waals surface area contributed by atoms with E-state index in [0.29, 0.717) is 48.8 Å². The average molecular weight is 502 g/mol. The number of halogens is 1. The Bertz CT molecular complexity index is 1110. The van der Waals surface area contributed by atoms with Gasteiger partial charge in [-0.1, -0.05) is 23.7 Å². The average Bonchev–Trinajstić information content (AvgIpc) is 3.51. The van der Waals surface area contributed by atoms with Crippen molar-refractivity contribution in [1.82, 2.24) is 15.2 Å². The van der Waals surface area contributed by atoms with E-state index >= 15 is 0 Å². The molecule has 34 heavy (non-hydrogen) atoms. The highest BCUT2D eigenvalue weighted by molar-refractivity contribution is 7.09. The number of hydrogen-bond acceptors (Lipinski definition) is 7. The molecule has 1 aromatic heterocycles. The predicted molar refractivity (Wildman–Crippen MR) is 127 cm³/mol. The van der Waals surface area contributed by atoms with Crippen LogP contribution in [0, 0.1) is 0 Å². The van der Waals surface area contributed by atoms with Gasteiger partial charge >= 0.3 is 6.09 Å². The third kappa shape index (κ3) is 6.27. The van der Waals surface area contributed by atoms with Gasteiger partial charge in [-0.05, 0) is 43.4 Å². The number of ether oxygens (including phenoxy) is 1. The number of nitrogens with one attached hydrogen (secondary N) is 1. The van der Waals surface area contributed by atoms with Crippen molar-refractivity contribution in [2.45, 2.75) is 38.2 Å². The first-order chi connectivity index (χ1) is 16.5. The van der Waals surface area contributed by atoms with Gasteiger partial charge < -0.3 is 15.0 Å². The van der Waals surface area contributed by atoms with E-state index in [-0.39, 0.29) is 30.4 Å². The van der Waals surface area contributed by atoms with Crippen LogP contribution in [0.15, 0.2) is 51.6 Å². The molecule has 9 nitrogen and oxygen atoms in total. The molecule has 0 bridgehead atoms. The SMILES string of the molecule is O=C1N=NC=C1CCCNC(=O)c1csc(C2CCN(C(=O)OCc3ccc(Cl)cc3)CC2)n1. The van der Waals surface area contributed by atoms with Crippen LogP contribution < -0.4 is 5.32 Å². The van der Waals surface area contributed by atoms with Crippen molar-refractivity contribution < 1.29 is 19.1 Å². The maximum atomic E-state index is 12.4. The number of amides is 3. The van der Waals surface area contributed by atoms with E-state index < -0.39 is 0 Å². The number of carbonyl (C=O) groups excluding carboxylic acids is 3. The molecule has 1 aromatic carbocycles. The van der Waals surface area contributed by atoms with Gasteiger partial charge in [-0.25, -0.2) is 9.78 Å². The number of azo groups is 1. The maximum absolute atomic E-state index is 12.4. The molecule has 2 aromatic rings.